The van der Waals surface area contributed by atoms with E-state index in [-0.39, 0.29) is 11.7 Å². The minimum Gasteiger partial charge on any atom is -0.316 e. The molecule has 0 radical (unpaired) electrons. The quantitative estimate of drug-likeness (QED) is 0.917. The second-order valence-electron chi connectivity index (χ2n) is 7.05. The average molecular weight is 354 g/mol. The first-order valence-corrected chi connectivity index (χ1v) is 9.25. The van der Waals surface area contributed by atoms with Crippen LogP contribution in [0.1, 0.15) is 41.4 Å². The highest BCUT2D eigenvalue weighted by Gasteiger charge is 2.30. The van der Waals surface area contributed by atoms with Crippen molar-refractivity contribution in [2.24, 2.45) is 0 Å². The zero-order valence-electron chi connectivity index (χ0n) is 15.0. The minimum absolute atomic E-state index is 0.0578. The molecule has 4 rings (SSSR count). The van der Waals surface area contributed by atoms with Crippen molar-refractivity contribution in [1.29, 1.82) is 0 Å². The van der Waals surface area contributed by atoms with Gasteiger partial charge < -0.3 is 5.32 Å². The summed E-state index contributed by atoms with van der Waals surface area (Å²) < 4.78 is 13.9. The topological polar surface area (TPSA) is 58.1 Å². The average Bonchev–Trinajstić information content (AvgIpc) is 3.17. The molecule has 1 amide bonds. The Labute approximate surface area is 152 Å². The van der Waals surface area contributed by atoms with Crippen LogP contribution in [0.3, 0.4) is 0 Å². The molecule has 6 heteroatoms. The number of aromatic nitrogens is 2. The largest absolute Gasteiger partial charge is 0.316 e. The highest BCUT2D eigenvalue weighted by Crippen LogP contribution is 2.31. The monoisotopic (exact) mass is 354 g/mol. The molecule has 3 heterocycles. The van der Waals surface area contributed by atoms with E-state index in [9.17, 15) is 9.18 Å². The lowest BCUT2D eigenvalue weighted by atomic mass is 10.0. The number of nitrogens with one attached hydrogen (secondary N) is 1. The van der Waals surface area contributed by atoms with Crippen LogP contribution in [0.5, 0.6) is 0 Å². The van der Waals surface area contributed by atoms with Gasteiger partial charge in [0.25, 0.3) is 0 Å². The highest BCUT2D eigenvalue weighted by molar-refractivity contribution is 5.95. The van der Waals surface area contributed by atoms with E-state index in [2.05, 4.69) is 5.32 Å². The van der Waals surface area contributed by atoms with Gasteiger partial charge in [-0.1, -0.05) is 18.2 Å². The van der Waals surface area contributed by atoms with Crippen molar-refractivity contribution in [3.8, 4) is 0 Å². The molecule has 0 saturated carbocycles. The number of amides is 1. The summed E-state index contributed by atoms with van der Waals surface area (Å²) in [5.74, 6) is 1.67. The van der Waals surface area contributed by atoms with E-state index in [1.165, 1.54) is 6.07 Å². The van der Waals surface area contributed by atoms with Crippen LogP contribution in [0.15, 0.2) is 24.3 Å². The summed E-state index contributed by atoms with van der Waals surface area (Å²) in [7, 11) is 0. The van der Waals surface area contributed by atoms with E-state index >= 15 is 0 Å². The molecule has 0 aliphatic carbocycles. The third-order valence-electron chi connectivity index (χ3n) is 5.34. The zero-order chi connectivity index (χ0) is 18.1. The fourth-order valence-corrected chi connectivity index (χ4v) is 3.82. The maximum Gasteiger partial charge on any atom is 0.228 e. The molecule has 0 bridgehead atoms. The van der Waals surface area contributed by atoms with Crippen LogP contribution in [0, 0.1) is 12.7 Å². The van der Waals surface area contributed by atoms with Crippen LogP contribution >= 0.6 is 0 Å². The van der Waals surface area contributed by atoms with Crippen molar-refractivity contribution in [2.45, 2.75) is 38.5 Å². The van der Waals surface area contributed by atoms with Crippen molar-refractivity contribution in [3.05, 3.63) is 52.7 Å². The molecule has 1 aromatic carbocycles. The number of hydrogen-bond donors (Lipinski definition) is 1. The van der Waals surface area contributed by atoms with E-state index in [1.807, 2.05) is 13.0 Å². The standard InChI is InChI=1S/C20H23FN4O/c1-13-16-6-7-18(26)25(11-9-14-4-2-3-5-17(14)21)20(16)24-19(23-13)15-8-10-22-12-15/h2-5,15,22H,6-12H2,1H3. The molecule has 1 fully saturated rings. The molecule has 1 N–H and O–H groups in total. The Hall–Kier alpha value is -2.34. The molecule has 2 aromatic rings. The third kappa shape index (κ3) is 3.21. The Kier molecular flexibility index (Phi) is 4.68. The molecular weight excluding hydrogens is 331 g/mol. The molecule has 2 aliphatic heterocycles. The van der Waals surface area contributed by atoms with Crippen LogP contribution in [-0.2, 0) is 17.6 Å². The second-order valence-corrected chi connectivity index (χ2v) is 7.05. The maximum absolute atomic E-state index is 13.9. The van der Waals surface area contributed by atoms with Gasteiger partial charge in [0.1, 0.15) is 17.5 Å². The summed E-state index contributed by atoms with van der Waals surface area (Å²) in [5.41, 5.74) is 2.63. The van der Waals surface area contributed by atoms with E-state index in [0.717, 1.165) is 42.4 Å². The van der Waals surface area contributed by atoms with E-state index in [0.29, 0.717) is 37.3 Å². The molecule has 1 unspecified atom stereocenters. The van der Waals surface area contributed by atoms with Gasteiger partial charge in [-0.2, -0.15) is 0 Å². The van der Waals surface area contributed by atoms with Gasteiger partial charge in [0, 0.05) is 36.7 Å². The van der Waals surface area contributed by atoms with Gasteiger partial charge >= 0.3 is 0 Å². The number of fused-ring (bicyclic) bond motifs is 1. The predicted octanol–water partition coefficient (Wildman–Crippen LogP) is 2.52. The first-order valence-electron chi connectivity index (χ1n) is 9.25. The Morgan fingerprint density at radius 1 is 1.27 bits per heavy atom. The molecule has 1 aromatic heterocycles. The lowest BCUT2D eigenvalue weighted by molar-refractivity contribution is -0.118. The van der Waals surface area contributed by atoms with Gasteiger partial charge in [0.15, 0.2) is 0 Å². The minimum atomic E-state index is -0.228. The van der Waals surface area contributed by atoms with Gasteiger partial charge in [0.2, 0.25) is 5.91 Å². The zero-order valence-corrected chi connectivity index (χ0v) is 15.0. The lowest BCUT2D eigenvalue weighted by Crippen LogP contribution is -2.38. The van der Waals surface area contributed by atoms with E-state index in [1.54, 1.807) is 17.0 Å². The van der Waals surface area contributed by atoms with Crippen LogP contribution in [-0.4, -0.2) is 35.5 Å². The SMILES string of the molecule is Cc1nc(C2CCNC2)nc2c1CCC(=O)N2CCc1ccccc1F. The number of benzene rings is 1. The molecular formula is C20H23FN4O. The molecule has 0 spiro atoms. The lowest BCUT2D eigenvalue weighted by Gasteiger charge is -2.30. The Morgan fingerprint density at radius 3 is 2.88 bits per heavy atom. The third-order valence-corrected chi connectivity index (χ3v) is 5.34. The molecule has 1 saturated heterocycles. The van der Waals surface area contributed by atoms with Crippen LogP contribution < -0.4 is 10.2 Å². The van der Waals surface area contributed by atoms with Gasteiger partial charge in [-0.15, -0.1) is 0 Å². The maximum atomic E-state index is 13.9. The summed E-state index contributed by atoms with van der Waals surface area (Å²) in [6.07, 6.45) is 2.63. The van der Waals surface area contributed by atoms with Crippen LogP contribution in [0.4, 0.5) is 10.2 Å². The van der Waals surface area contributed by atoms with Crippen molar-refractivity contribution in [3.63, 3.8) is 0 Å². The summed E-state index contributed by atoms with van der Waals surface area (Å²) in [5, 5.41) is 3.34. The van der Waals surface area contributed by atoms with E-state index < -0.39 is 0 Å². The summed E-state index contributed by atoms with van der Waals surface area (Å²) in [6, 6.07) is 6.73. The Morgan fingerprint density at radius 2 is 2.12 bits per heavy atom. The fourth-order valence-electron chi connectivity index (χ4n) is 3.82. The summed E-state index contributed by atoms with van der Waals surface area (Å²) in [6.45, 7) is 4.28. The number of rotatable bonds is 4. The van der Waals surface area contributed by atoms with Gasteiger partial charge in [0.05, 0.1) is 0 Å². The van der Waals surface area contributed by atoms with Gasteiger partial charge in [-0.3, -0.25) is 9.69 Å². The Balaban J connectivity index is 1.64. The number of halogens is 1. The molecule has 1 atom stereocenters. The number of carbonyl (C=O) groups excluding carboxylic acids is 1. The number of anilines is 1. The second kappa shape index (κ2) is 7.11. The fraction of sp³-hybridized carbons (Fsp3) is 0.450. The van der Waals surface area contributed by atoms with Crippen molar-refractivity contribution >= 4 is 11.7 Å². The van der Waals surface area contributed by atoms with Crippen LogP contribution in [0.2, 0.25) is 0 Å². The van der Waals surface area contributed by atoms with Crippen molar-refractivity contribution < 1.29 is 9.18 Å². The van der Waals surface area contributed by atoms with E-state index in [4.69, 9.17) is 9.97 Å². The predicted molar refractivity (Wildman–Crippen MR) is 97.8 cm³/mol. The summed E-state index contributed by atoms with van der Waals surface area (Å²) >= 11 is 0. The number of nitrogens with zero attached hydrogens (tertiary/aromatic N) is 3. The first kappa shape index (κ1) is 17.1. The molecule has 136 valence electrons. The van der Waals surface area contributed by atoms with Crippen LogP contribution in [0.25, 0.3) is 0 Å². The summed E-state index contributed by atoms with van der Waals surface area (Å²) in [4.78, 5) is 23.8. The normalized spacial score (nSPS) is 19.7. The number of carbonyl (C=O) groups is 1. The van der Waals surface area contributed by atoms with Gasteiger partial charge in [-0.25, -0.2) is 14.4 Å². The smallest absolute Gasteiger partial charge is 0.228 e. The van der Waals surface area contributed by atoms with Gasteiger partial charge in [-0.05, 0) is 44.4 Å². The van der Waals surface area contributed by atoms with Crippen molar-refractivity contribution in [2.75, 3.05) is 24.5 Å². The molecule has 2 aliphatic rings. The highest BCUT2D eigenvalue weighted by atomic mass is 19.1. The Bertz CT molecular complexity index is 833. The first-order chi connectivity index (χ1) is 12.6. The molecule has 26 heavy (non-hydrogen) atoms. The van der Waals surface area contributed by atoms with Crippen molar-refractivity contribution in [1.82, 2.24) is 15.3 Å². The number of aryl methyl sites for hydroxylation is 1. The molecule has 5 nitrogen and oxygen atoms in total. The number of hydrogen-bond acceptors (Lipinski definition) is 4.